The Morgan fingerprint density at radius 2 is 2.25 bits per heavy atom. The minimum absolute atomic E-state index is 0.276. The summed E-state index contributed by atoms with van der Waals surface area (Å²) >= 11 is 0. The zero-order valence-electron chi connectivity index (χ0n) is 12.6. The van der Waals surface area contributed by atoms with Gasteiger partial charge in [0.25, 0.3) is 0 Å². The fraction of sp³-hybridized carbons (Fsp3) is 0.625. The summed E-state index contributed by atoms with van der Waals surface area (Å²) in [6.45, 7) is 8.54. The number of rotatable bonds is 3. The number of nitrogens with one attached hydrogen (secondary N) is 1. The van der Waals surface area contributed by atoms with Crippen LogP contribution in [0.3, 0.4) is 0 Å². The molecule has 1 N–H and O–H groups in total. The van der Waals surface area contributed by atoms with Gasteiger partial charge in [-0.05, 0) is 26.0 Å². The molecule has 1 fully saturated rings. The summed E-state index contributed by atoms with van der Waals surface area (Å²) in [6, 6.07) is 4.80. The lowest BCUT2D eigenvalue weighted by molar-refractivity contribution is 0.193. The van der Waals surface area contributed by atoms with Crippen molar-refractivity contribution in [1.29, 1.82) is 0 Å². The first kappa shape index (κ1) is 13.7. The summed E-state index contributed by atoms with van der Waals surface area (Å²) in [4.78, 5) is 2.49. The molecule has 0 aliphatic carbocycles. The van der Waals surface area contributed by atoms with E-state index >= 15 is 0 Å². The van der Waals surface area contributed by atoms with Crippen molar-refractivity contribution in [2.45, 2.75) is 39.0 Å². The van der Waals surface area contributed by atoms with Crippen LogP contribution in [0.1, 0.15) is 25.0 Å². The Bertz CT molecular complexity index is 490. The number of hydrogen-bond acceptors (Lipinski definition) is 4. The number of methoxy groups -OCH3 is 1. The van der Waals surface area contributed by atoms with Crippen LogP contribution in [0.15, 0.2) is 12.1 Å². The van der Waals surface area contributed by atoms with Gasteiger partial charge in [0.1, 0.15) is 17.6 Å². The summed E-state index contributed by atoms with van der Waals surface area (Å²) in [7, 11) is 1.73. The zero-order chi connectivity index (χ0) is 14.1. The van der Waals surface area contributed by atoms with Crippen LogP contribution in [0, 0.1) is 0 Å². The van der Waals surface area contributed by atoms with Crippen molar-refractivity contribution >= 4 is 0 Å². The lowest BCUT2D eigenvalue weighted by Gasteiger charge is -2.32. The molecule has 2 aliphatic heterocycles. The predicted molar refractivity (Wildman–Crippen MR) is 79.5 cm³/mol. The van der Waals surface area contributed by atoms with Crippen LogP contribution < -0.4 is 14.8 Å². The molecule has 1 unspecified atom stereocenters. The Morgan fingerprint density at radius 1 is 1.40 bits per heavy atom. The maximum Gasteiger partial charge on any atom is 0.127 e. The normalized spacial score (nSPS) is 26.1. The molecule has 1 saturated heterocycles. The fourth-order valence-corrected chi connectivity index (χ4v) is 3.21. The van der Waals surface area contributed by atoms with Crippen molar-refractivity contribution in [3.8, 4) is 11.5 Å². The van der Waals surface area contributed by atoms with Gasteiger partial charge in [-0.25, -0.2) is 0 Å². The summed E-state index contributed by atoms with van der Waals surface area (Å²) in [5.41, 5.74) is 2.55. The number of hydrogen-bond donors (Lipinski definition) is 1. The smallest absolute Gasteiger partial charge is 0.127 e. The first-order chi connectivity index (χ1) is 9.65. The van der Waals surface area contributed by atoms with Gasteiger partial charge in [-0.15, -0.1) is 0 Å². The molecule has 1 aromatic rings. The van der Waals surface area contributed by atoms with Gasteiger partial charge in [0.15, 0.2) is 0 Å². The lowest BCUT2D eigenvalue weighted by atomic mass is 10.0. The van der Waals surface area contributed by atoms with Crippen LogP contribution in [0.4, 0.5) is 0 Å². The summed E-state index contributed by atoms with van der Waals surface area (Å²) in [6.07, 6.45) is 1.26. The zero-order valence-corrected chi connectivity index (χ0v) is 12.6. The van der Waals surface area contributed by atoms with Crippen LogP contribution in [0.2, 0.25) is 0 Å². The average Bonchev–Trinajstić information content (AvgIpc) is 2.79. The van der Waals surface area contributed by atoms with E-state index in [9.17, 15) is 0 Å². The highest BCUT2D eigenvalue weighted by Crippen LogP contribution is 2.36. The molecule has 110 valence electrons. The lowest BCUT2D eigenvalue weighted by Crippen LogP contribution is -2.48. The molecule has 4 heteroatoms. The molecular formula is C16H24N2O2. The van der Waals surface area contributed by atoms with E-state index in [1.807, 2.05) is 0 Å². The van der Waals surface area contributed by atoms with Crippen LogP contribution in [0.25, 0.3) is 0 Å². The third-order valence-corrected chi connectivity index (χ3v) is 4.13. The molecule has 2 heterocycles. The Morgan fingerprint density at radius 3 is 3.00 bits per heavy atom. The molecule has 3 rings (SSSR count). The molecule has 2 aliphatic rings. The van der Waals surface area contributed by atoms with E-state index in [-0.39, 0.29) is 6.10 Å². The van der Waals surface area contributed by atoms with E-state index in [0.29, 0.717) is 6.04 Å². The molecule has 0 bridgehead atoms. The molecule has 0 radical (unpaired) electrons. The molecule has 4 nitrogen and oxygen atoms in total. The molecule has 1 aromatic carbocycles. The van der Waals surface area contributed by atoms with E-state index in [1.54, 1.807) is 7.11 Å². The topological polar surface area (TPSA) is 33.7 Å². The van der Waals surface area contributed by atoms with Gasteiger partial charge in [-0.2, -0.15) is 0 Å². The van der Waals surface area contributed by atoms with E-state index in [2.05, 4.69) is 36.2 Å². The maximum absolute atomic E-state index is 6.01. The van der Waals surface area contributed by atoms with Gasteiger partial charge in [0, 0.05) is 49.8 Å². The van der Waals surface area contributed by atoms with Gasteiger partial charge < -0.3 is 14.8 Å². The van der Waals surface area contributed by atoms with Crippen LogP contribution in [-0.4, -0.2) is 43.8 Å². The van der Waals surface area contributed by atoms with Crippen LogP contribution in [-0.2, 0) is 13.0 Å². The van der Waals surface area contributed by atoms with Gasteiger partial charge >= 0.3 is 0 Å². The first-order valence-corrected chi connectivity index (χ1v) is 7.48. The molecule has 0 amide bonds. The predicted octanol–water partition coefficient (Wildman–Crippen LogP) is 1.81. The van der Waals surface area contributed by atoms with Crippen molar-refractivity contribution in [1.82, 2.24) is 10.2 Å². The summed E-state index contributed by atoms with van der Waals surface area (Å²) < 4.78 is 11.4. The van der Waals surface area contributed by atoms with E-state index in [1.165, 1.54) is 11.1 Å². The highest BCUT2D eigenvalue weighted by atomic mass is 16.5. The average molecular weight is 276 g/mol. The second-order valence-corrected chi connectivity index (χ2v) is 6.00. The second-order valence-electron chi connectivity index (χ2n) is 6.00. The van der Waals surface area contributed by atoms with Crippen molar-refractivity contribution in [2.24, 2.45) is 0 Å². The minimum atomic E-state index is 0.276. The Balaban J connectivity index is 1.83. The third-order valence-electron chi connectivity index (χ3n) is 4.13. The maximum atomic E-state index is 6.01. The Labute approximate surface area is 121 Å². The second kappa shape index (κ2) is 5.62. The molecule has 0 saturated carbocycles. The number of fused-ring (bicyclic) bond motifs is 1. The van der Waals surface area contributed by atoms with Gasteiger partial charge in [0.2, 0.25) is 0 Å². The van der Waals surface area contributed by atoms with Gasteiger partial charge in [-0.1, -0.05) is 0 Å². The van der Waals surface area contributed by atoms with Crippen LogP contribution >= 0.6 is 0 Å². The van der Waals surface area contributed by atoms with Gasteiger partial charge in [-0.3, -0.25) is 4.90 Å². The van der Waals surface area contributed by atoms with Crippen LogP contribution in [0.5, 0.6) is 11.5 Å². The molecule has 0 aromatic heterocycles. The van der Waals surface area contributed by atoms with Gasteiger partial charge in [0.05, 0.1) is 7.11 Å². The van der Waals surface area contributed by atoms with Crippen molar-refractivity contribution in [3.05, 3.63) is 23.3 Å². The van der Waals surface area contributed by atoms with E-state index in [4.69, 9.17) is 9.47 Å². The number of benzene rings is 1. The highest BCUT2D eigenvalue weighted by Gasteiger charge is 2.25. The molecule has 2 atom stereocenters. The minimum Gasteiger partial charge on any atom is -0.497 e. The molecule has 20 heavy (non-hydrogen) atoms. The van der Waals surface area contributed by atoms with E-state index in [0.717, 1.165) is 44.1 Å². The number of ether oxygens (including phenoxy) is 2. The van der Waals surface area contributed by atoms with Crippen molar-refractivity contribution in [2.75, 3.05) is 26.7 Å². The van der Waals surface area contributed by atoms with Crippen molar-refractivity contribution < 1.29 is 9.47 Å². The quantitative estimate of drug-likeness (QED) is 0.913. The molecular weight excluding hydrogens is 252 g/mol. The first-order valence-electron chi connectivity index (χ1n) is 7.48. The largest absolute Gasteiger partial charge is 0.497 e. The summed E-state index contributed by atoms with van der Waals surface area (Å²) in [5, 5.41) is 3.48. The van der Waals surface area contributed by atoms with E-state index < -0.39 is 0 Å². The SMILES string of the molecule is COc1cc2c(c(CN3CCN[C@H](C)C3)c1)OC(C)C2. The standard InChI is InChI=1S/C16H24N2O2/c1-11-9-18(5-4-17-11)10-14-8-15(19-3)7-13-6-12(2)20-16(13)14/h7-8,11-12,17H,4-6,9-10H2,1-3H3/t11-,12?/m1/s1. The third kappa shape index (κ3) is 2.76. The molecule has 0 spiro atoms. The Hall–Kier alpha value is -1.26. The number of piperazine rings is 1. The Kier molecular flexibility index (Phi) is 3.85. The fourth-order valence-electron chi connectivity index (χ4n) is 3.21. The summed E-state index contributed by atoms with van der Waals surface area (Å²) in [5.74, 6) is 2.03. The van der Waals surface area contributed by atoms with Crippen molar-refractivity contribution in [3.63, 3.8) is 0 Å². The monoisotopic (exact) mass is 276 g/mol. The number of nitrogens with zero attached hydrogens (tertiary/aromatic N) is 1. The highest BCUT2D eigenvalue weighted by molar-refractivity contribution is 5.49.